The minimum Gasteiger partial charge on any atom is -0.490 e. The molecule has 2 N–H and O–H groups in total. The number of hydrogen-bond donors (Lipinski definition) is 1. The van der Waals surface area contributed by atoms with Gasteiger partial charge in [0.25, 0.3) is 5.91 Å². The van der Waals surface area contributed by atoms with Gasteiger partial charge in [0.15, 0.2) is 11.5 Å². The van der Waals surface area contributed by atoms with Gasteiger partial charge in [-0.1, -0.05) is 0 Å². The lowest BCUT2D eigenvalue weighted by Gasteiger charge is -2.17. The van der Waals surface area contributed by atoms with Crippen molar-refractivity contribution in [2.24, 2.45) is 5.73 Å². The van der Waals surface area contributed by atoms with Crippen LogP contribution in [-0.2, 0) is 0 Å². The van der Waals surface area contributed by atoms with E-state index < -0.39 is 5.91 Å². The molecule has 18 heavy (non-hydrogen) atoms. The van der Waals surface area contributed by atoms with Crippen molar-refractivity contribution in [1.82, 2.24) is 0 Å². The molecule has 0 bridgehead atoms. The number of ether oxygens (including phenoxy) is 3. The lowest BCUT2D eigenvalue weighted by molar-refractivity contribution is 0.0995. The van der Waals surface area contributed by atoms with E-state index in [0.717, 1.165) is 0 Å². The first-order valence-corrected chi connectivity index (χ1v) is 6.00. The first-order valence-electron chi connectivity index (χ1n) is 6.00. The van der Waals surface area contributed by atoms with Crippen LogP contribution in [0.1, 0.15) is 31.1 Å². The van der Waals surface area contributed by atoms with Gasteiger partial charge >= 0.3 is 0 Å². The van der Waals surface area contributed by atoms with E-state index in [4.69, 9.17) is 19.9 Å². The number of primary amides is 1. The summed E-state index contributed by atoms with van der Waals surface area (Å²) in [4.78, 5) is 11.4. The number of rotatable bonds is 7. The van der Waals surface area contributed by atoms with E-state index in [-0.39, 0.29) is 0 Å². The summed E-state index contributed by atoms with van der Waals surface area (Å²) in [5.41, 5.74) is 5.61. The van der Waals surface area contributed by atoms with Crippen molar-refractivity contribution in [1.29, 1.82) is 0 Å². The van der Waals surface area contributed by atoms with E-state index >= 15 is 0 Å². The quantitative estimate of drug-likeness (QED) is 0.806. The average molecular weight is 253 g/mol. The molecule has 0 aliphatic rings. The molecule has 0 heterocycles. The van der Waals surface area contributed by atoms with Crippen LogP contribution in [0.5, 0.6) is 17.2 Å². The summed E-state index contributed by atoms with van der Waals surface area (Å²) in [6.07, 6.45) is 0. The normalized spacial score (nSPS) is 9.94. The molecule has 1 amide bonds. The molecule has 5 heteroatoms. The van der Waals surface area contributed by atoms with Crippen molar-refractivity contribution >= 4 is 5.91 Å². The second kappa shape index (κ2) is 6.74. The summed E-state index contributed by atoms with van der Waals surface area (Å²) in [6.45, 7) is 6.91. The van der Waals surface area contributed by atoms with Crippen LogP contribution in [0.15, 0.2) is 12.1 Å². The first kappa shape index (κ1) is 14.2. The van der Waals surface area contributed by atoms with E-state index in [1.807, 2.05) is 20.8 Å². The van der Waals surface area contributed by atoms with Crippen LogP contribution in [0, 0.1) is 0 Å². The fourth-order valence-corrected chi connectivity index (χ4v) is 1.58. The molecule has 0 aliphatic heterocycles. The van der Waals surface area contributed by atoms with E-state index in [1.165, 1.54) is 0 Å². The Morgan fingerprint density at radius 2 is 1.56 bits per heavy atom. The summed E-state index contributed by atoms with van der Waals surface area (Å²) < 4.78 is 16.4. The number of hydrogen-bond acceptors (Lipinski definition) is 4. The van der Waals surface area contributed by atoms with Gasteiger partial charge in [-0.25, -0.2) is 0 Å². The minimum atomic E-state index is -0.553. The lowest BCUT2D eigenvalue weighted by Crippen LogP contribution is -2.14. The van der Waals surface area contributed by atoms with E-state index in [1.54, 1.807) is 12.1 Å². The summed E-state index contributed by atoms with van der Waals surface area (Å²) >= 11 is 0. The van der Waals surface area contributed by atoms with E-state index in [2.05, 4.69) is 0 Å². The second-order valence-electron chi connectivity index (χ2n) is 3.43. The van der Waals surface area contributed by atoms with Crippen molar-refractivity contribution in [3.8, 4) is 17.2 Å². The molecule has 1 aromatic rings. The van der Waals surface area contributed by atoms with Crippen LogP contribution in [0.4, 0.5) is 0 Å². The Kier molecular flexibility index (Phi) is 5.30. The van der Waals surface area contributed by atoms with Crippen LogP contribution in [-0.4, -0.2) is 25.7 Å². The van der Waals surface area contributed by atoms with Gasteiger partial charge in [0.2, 0.25) is 5.75 Å². The van der Waals surface area contributed by atoms with Crippen molar-refractivity contribution in [2.45, 2.75) is 20.8 Å². The Labute approximate surface area is 107 Å². The molecule has 0 spiro atoms. The molecule has 0 aromatic heterocycles. The fourth-order valence-electron chi connectivity index (χ4n) is 1.58. The van der Waals surface area contributed by atoms with Gasteiger partial charge in [0.05, 0.1) is 25.4 Å². The van der Waals surface area contributed by atoms with Crippen molar-refractivity contribution in [3.63, 3.8) is 0 Å². The van der Waals surface area contributed by atoms with Crippen molar-refractivity contribution < 1.29 is 19.0 Å². The highest BCUT2D eigenvalue weighted by Gasteiger charge is 2.20. The second-order valence-corrected chi connectivity index (χ2v) is 3.43. The van der Waals surface area contributed by atoms with Crippen molar-refractivity contribution in [2.75, 3.05) is 19.8 Å². The Morgan fingerprint density at radius 1 is 1.00 bits per heavy atom. The van der Waals surface area contributed by atoms with Crippen LogP contribution in [0.3, 0.4) is 0 Å². The van der Waals surface area contributed by atoms with Gasteiger partial charge < -0.3 is 19.9 Å². The Bertz CT molecular complexity index is 418. The molecule has 5 nitrogen and oxygen atoms in total. The Morgan fingerprint density at radius 3 is 2.06 bits per heavy atom. The Hall–Kier alpha value is -1.91. The molecular formula is C13H19NO4. The molecule has 100 valence electrons. The molecule has 0 unspecified atom stereocenters. The average Bonchev–Trinajstić information content (AvgIpc) is 2.33. The van der Waals surface area contributed by atoms with Gasteiger partial charge in [-0.2, -0.15) is 0 Å². The zero-order valence-electron chi connectivity index (χ0n) is 11.0. The maximum absolute atomic E-state index is 11.4. The maximum Gasteiger partial charge on any atom is 0.252 e. The number of carbonyl (C=O) groups excluding carboxylic acids is 1. The molecule has 0 saturated heterocycles. The highest BCUT2D eigenvalue weighted by Crippen LogP contribution is 2.40. The van der Waals surface area contributed by atoms with Crippen LogP contribution in [0.25, 0.3) is 0 Å². The standard InChI is InChI=1S/C13H19NO4/c1-4-16-10-8-7-9(13(14)15)11(17-5-2)12(10)18-6-3/h7-8H,4-6H2,1-3H3,(H2,14,15). The maximum atomic E-state index is 11.4. The molecule has 1 rings (SSSR count). The number of amides is 1. The molecule has 0 aliphatic carbocycles. The minimum absolute atomic E-state index is 0.295. The molecule has 0 radical (unpaired) electrons. The zero-order chi connectivity index (χ0) is 13.5. The summed E-state index contributed by atoms with van der Waals surface area (Å²) in [6, 6.07) is 3.25. The predicted molar refractivity (Wildman–Crippen MR) is 68.5 cm³/mol. The van der Waals surface area contributed by atoms with Gasteiger partial charge in [0.1, 0.15) is 0 Å². The Balaban J connectivity index is 3.33. The van der Waals surface area contributed by atoms with Crippen LogP contribution in [0.2, 0.25) is 0 Å². The third-order valence-corrected chi connectivity index (χ3v) is 2.22. The first-order chi connectivity index (χ1) is 8.65. The monoisotopic (exact) mass is 253 g/mol. The topological polar surface area (TPSA) is 70.8 Å². The highest BCUT2D eigenvalue weighted by atomic mass is 16.5. The number of carbonyl (C=O) groups is 1. The SMILES string of the molecule is CCOc1ccc(C(N)=O)c(OCC)c1OCC. The zero-order valence-corrected chi connectivity index (χ0v) is 11.0. The number of nitrogens with two attached hydrogens (primary N) is 1. The molecule has 1 aromatic carbocycles. The lowest BCUT2D eigenvalue weighted by atomic mass is 10.1. The fraction of sp³-hybridized carbons (Fsp3) is 0.462. The molecule has 0 atom stereocenters. The summed E-state index contributed by atoms with van der Waals surface area (Å²) in [5, 5.41) is 0. The van der Waals surface area contributed by atoms with Gasteiger partial charge in [-0.15, -0.1) is 0 Å². The third kappa shape index (κ3) is 3.06. The van der Waals surface area contributed by atoms with E-state index in [0.29, 0.717) is 42.6 Å². The predicted octanol–water partition coefficient (Wildman–Crippen LogP) is 1.98. The van der Waals surface area contributed by atoms with Gasteiger partial charge in [-0.3, -0.25) is 4.79 Å². The smallest absolute Gasteiger partial charge is 0.252 e. The van der Waals surface area contributed by atoms with Crippen LogP contribution >= 0.6 is 0 Å². The number of benzene rings is 1. The summed E-state index contributed by atoms with van der Waals surface area (Å²) in [5.74, 6) is 0.769. The molecular weight excluding hydrogens is 234 g/mol. The van der Waals surface area contributed by atoms with Crippen molar-refractivity contribution in [3.05, 3.63) is 17.7 Å². The van der Waals surface area contributed by atoms with E-state index in [9.17, 15) is 4.79 Å². The van der Waals surface area contributed by atoms with Crippen LogP contribution < -0.4 is 19.9 Å². The molecule has 0 fully saturated rings. The summed E-state index contributed by atoms with van der Waals surface area (Å²) in [7, 11) is 0. The molecule has 0 saturated carbocycles. The van der Waals surface area contributed by atoms with Gasteiger partial charge in [-0.05, 0) is 32.9 Å². The third-order valence-electron chi connectivity index (χ3n) is 2.22. The largest absolute Gasteiger partial charge is 0.490 e. The van der Waals surface area contributed by atoms with Gasteiger partial charge in [0, 0.05) is 0 Å². The highest BCUT2D eigenvalue weighted by molar-refractivity contribution is 5.97.